The number of hydrogen-bond donors (Lipinski definition) is 1. The van der Waals surface area contributed by atoms with Crippen molar-refractivity contribution < 1.29 is 24.2 Å². The van der Waals surface area contributed by atoms with Crippen molar-refractivity contribution in [3.63, 3.8) is 0 Å². The molecular formula is C20H26O5. The van der Waals surface area contributed by atoms with Crippen molar-refractivity contribution in [3.8, 4) is 0 Å². The number of aliphatic hydroxyl groups excluding tert-OH is 1. The highest BCUT2D eigenvalue weighted by molar-refractivity contribution is 5.92. The lowest BCUT2D eigenvalue weighted by atomic mass is 9.56. The molecule has 1 aliphatic heterocycles. The van der Waals surface area contributed by atoms with Crippen LogP contribution in [-0.2, 0) is 19.1 Å². The van der Waals surface area contributed by atoms with E-state index in [0.29, 0.717) is 29.6 Å². The van der Waals surface area contributed by atoms with E-state index in [1.165, 1.54) is 0 Å². The molecule has 1 saturated carbocycles. The van der Waals surface area contributed by atoms with Gasteiger partial charge in [-0.25, -0.2) is 9.59 Å². The van der Waals surface area contributed by atoms with Gasteiger partial charge in [0.15, 0.2) is 0 Å². The summed E-state index contributed by atoms with van der Waals surface area (Å²) in [5.74, 6) is -0.743. The molecule has 1 fully saturated rings. The van der Waals surface area contributed by atoms with Gasteiger partial charge >= 0.3 is 11.9 Å². The number of carbonyl (C=O) groups excluding carboxylic acids is 2. The van der Waals surface area contributed by atoms with E-state index < -0.39 is 11.5 Å². The van der Waals surface area contributed by atoms with Crippen LogP contribution in [0.3, 0.4) is 0 Å². The molecule has 0 amide bonds. The van der Waals surface area contributed by atoms with Crippen LogP contribution in [0.5, 0.6) is 0 Å². The Morgan fingerprint density at radius 2 is 2.16 bits per heavy atom. The molecule has 0 radical (unpaired) electrons. The van der Waals surface area contributed by atoms with E-state index in [0.717, 1.165) is 5.57 Å². The Balaban J connectivity index is 1.93. The van der Waals surface area contributed by atoms with Gasteiger partial charge in [-0.3, -0.25) is 0 Å². The van der Waals surface area contributed by atoms with Crippen molar-refractivity contribution in [1.29, 1.82) is 0 Å². The zero-order valence-electron chi connectivity index (χ0n) is 15.5. The number of allylic oxidation sites excluding steroid dienone is 1. The van der Waals surface area contributed by atoms with Crippen LogP contribution >= 0.6 is 0 Å². The van der Waals surface area contributed by atoms with Crippen LogP contribution in [0.4, 0.5) is 0 Å². The average molecular weight is 346 g/mol. The van der Waals surface area contributed by atoms with Gasteiger partial charge in [0.1, 0.15) is 12.2 Å². The summed E-state index contributed by atoms with van der Waals surface area (Å²) in [7, 11) is 0. The topological polar surface area (TPSA) is 72.8 Å². The predicted molar refractivity (Wildman–Crippen MR) is 92.5 cm³/mol. The van der Waals surface area contributed by atoms with Crippen LogP contribution < -0.4 is 0 Å². The van der Waals surface area contributed by atoms with E-state index in [1.807, 2.05) is 19.9 Å². The van der Waals surface area contributed by atoms with E-state index in [9.17, 15) is 14.7 Å². The van der Waals surface area contributed by atoms with Crippen LogP contribution in [0.1, 0.15) is 47.5 Å². The normalized spacial score (nSPS) is 37.9. The Morgan fingerprint density at radius 3 is 2.80 bits per heavy atom. The predicted octanol–water partition coefficient (Wildman–Crippen LogP) is 2.84. The number of rotatable bonds is 2. The molecule has 136 valence electrons. The Kier molecular flexibility index (Phi) is 4.40. The first-order valence-corrected chi connectivity index (χ1v) is 8.84. The van der Waals surface area contributed by atoms with Crippen LogP contribution in [0.25, 0.3) is 0 Å². The zero-order valence-corrected chi connectivity index (χ0v) is 15.5. The second-order valence-corrected chi connectivity index (χ2v) is 7.53. The fraction of sp³-hybridized carbons (Fsp3) is 0.600. The molecule has 5 atom stereocenters. The molecule has 5 heteroatoms. The Hall–Kier alpha value is -1.88. The molecule has 3 aliphatic rings. The van der Waals surface area contributed by atoms with Crippen molar-refractivity contribution >= 4 is 11.9 Å². The minimum atomic E-state index is -0.816. The summed E-state index contributed by atoms with van der Waals surface area (Å²) in [6.45, 7) is 9.24. The summed E-state index contributed by atoms with van der Waals surface area (Å²) >= 11 is 0. The first kappa shape index (κ1) is 17.9. The molecule has 0 aromatic rings. The van der Waals surface area contributed by atoms with Crippen LogP contribution in [0, 0.1) is 11.3 Å². The number of esters is 2. The van der Waals surface area contributed by atoms with Gasteiger partial charge in [0, 0.05) is 40.9 Å². The molecular weight excluding hydrogens is 320 g/mol. The van der Waals surface area contributed by atoms with Gasteiger partial charge in [-0.05, 0) is 20.8 Å². The maximum Gasteiger partial charge on any atom is 0.334 e. The van der Waals surface area contributed by atoms with Gasteiger partial charge in [-0.1, -0.05) is 31.6 Å². The van der Waals surface area contributed by atoms with Crippen LogP contribution in [0.2, 0.25) is 0 Å². The highest BCUT2D eigenvalue weighted by Gasteiger charge is 2.56. The molecule has 1 N–H and O–H groups in total. The summed E-state index contributed by atoms with van der Waals surface area (Å²) in [5.41, 5.74) is 2.28. The lowest BCUT2D eigenvalue weighted by Crippen LogP contribution is -2.53. The zero-order chi connectivity index (χ0) is 18.5. The van der Waals surface area contributed by atoms with Gasteiger partial charge in [0.2, 0.25) is 0 Å². The molecule has 5 unspecified atom stereocenters. The van der Waals surface area contributed by atoms with Crippen molar-refractivity contribution in [1.82, 2.24) is 0 Å². The molecule has 3 rings (SSSR count). The fourth-order valence-corrected chi connectivity index (χ4v) is 4.28. The van der Waals surface area contributed by atoms with Gasteiger partial charge in [-0.2, -0.15) is 0 Å². The molecule has 25 heavy (non-hydrogen) atoms. The quantitative estimate of drug-likeness (QED) is 0.473. The third kappa shape index (κ3) is 2.56. The van der Waals surface area contributed by atoms with E-state index in [1.54, 1.807) is 26.8 Å². The average Bonchev–Trinajstić information content (AvgIpc) is 2.86. The molecule has 2 aliphatic carbocycles. The number of ether oxygens (including phenoxy) is 2. The number of carbonyl (C=O) groups is 2. The molecule has 0 aromatic heterocycles. The van der Waals surface area contributed by atoms with E-state index >= 15 is 0 Å². The molecule has 0 aromatic carbocycles. The lowest BCUT2D eigenvalue weighted by molar-refractivity contribution is -0.153. The maximum atomic E-state index is 12.2. The monoisotopic (exact) mass is 346 g/mol. The number of aliphatic hydroxyl groups is 1. The first-order valence-electron chi connectivity index (χ1n) is 8.84. The highest BCUT2D eigenvalue weighted by Crippen LogP contribution is 2.55. The Bertz CT molecular complexity index is 714. The van der Waals surface area contributed by atoms with Gasteiger partial charge < -0.3 is 14.6 Å². The molecule has 1 heterocycles. The van der Waals surface area contributed by atoms with Gasteiger partial charge in [0.25, 0.3) is 0 Å². The van der Waals surface area contributed by atoms with Gasteiger partial charge in [-0.15, -0.1) is 0 Å². The second-order valence-electron chi connectivity index (χ2n) is 7.53. The smallest absolute Gasteiger partial charge is 0.334 e. The largest absolute Gasteiger partial charge is 0.458 e. The fourth-order valence-electron chi connectivity index (χ4n) is 4.28. The Labute approximate surface area is 148 Å². The third-order valence-electron chi connectivity index (χ3n) is 6.41. The summed E-state index contributed by atoms with van der Waals surface area (Å²) in [6.07, 6.45) is 3.51. The highest BCUT2D eigenvalue weighted by atomic mass is 16.6. The van der Waals surface area contributed by atoms with Crippen molar-refractivity contribution in [2.45, 2.75) is 65.8 Å². The molecule has 0 bridgehead atoms. The number of hydrogen-bond acceptors (Lipinski definition) is 5. The summed E-state index contributed by atoms with van der Waals surface area (Å²) in [5, 5.41) is 11.1. The standard InChI is InChI=1S/C20H26O5/c1-6-10(2)18(22)24-14-8-7-13-9-15-16(11(3)19(23)25-15)17(21)20(13,5)12(14)4/h6-7,12,14-15,17,21H,8-9H2,1-5H3. The summed E-state index contributed by atoms with van der Waals surface area (Å²) in [6, 6.07) is 0. The van der Waals surface area contributed by atoms with Crippen molar-refractivity contribution in [2.75, 3.05) is 0 Å². The van der Waals surface area contributed by atoms with Crippen LogP contribution in [0.15, 0.2) is 34.4 Å². The van der Waals surface area contributed by atoms with Crippen LogP contribution in [-0.4, -0.2) is 35.4 Å². The molecule has 0 saturated heterocycles. The van der Waals surface area contributed by atoms with E-state index in [-0.39, 0.29) is 30.1 Å². The first-order chi connectivity index (χ1) is 11.7. The summed E-state index contributed by atoms with van der Waals surface area (Å²) < 4.78 is 11.1. The maximum absolute atomic E-state index is 12.2. The molecule has 0 spiro atoms. The van der Waals surface area contributed by atoms with Crippen molar-refractivity contribution in [3.05, 3.63) is 34.4 Å². The van der Waals surface area contributed by atoms with E-state index in [2.05, 4.69) is 0 Å². The SMILES string of the molecule is CC=C(C)C(=O)OC1CC=C2CC3OC(=O)C(C)=C3C(O)C2(C)C1C. The van der Waals surface area contributed by atoms with E-state index in [4.69, 9.17) is 9.47 Å². The minimum Gasteiger partial charge on any atom is -0.458 e. The van der Waals surface area contributed by atoms with Gasteiger partial charge in [0.05, 0.1) is 6.10 Å². The summed E-state index contributed by atoms with van der Waals surface area (Å²) in [4.78, 5) is 24.1. The minimum absolute atomic E-state index is 0.0759. The Morgan fingerprint density at radius 1 is 1.48 bits per heavy atom. The third-order valence-corrected chi connectivity index (χ3v) is 6.41. The molecule has 5 nitrogen and oxygen atoms in total. The second kappa shape index (κ2) is 6.13. The van der Waals surface area contributed by atoms with Crippen molar-refractivity contribution in [2.24, 2.45) is 11.3 Å². The number of fused-ring (bicyclic) bond motifs is 2. The lowest BCUT2D eigenvalue weighted by Gasteiger charge is -2.51.